The van der Waals surface area contributed by atoms with Crippen LogP contribution in [0.1, 0.15) is 34.1 Å². The molecule has 0 heterocycles. The lowest BCUT2D eigenvalue weighted by molar-refractivity contribution is -0.118. The number of carbonyl (C=O) groups is 2. The summed E-state index contributed by atoms with van der Waals surface area (Å²) >= 11 is 0. The fraction of sp³-hybridized carbons (Fsp3) is 0.636. The maximum Gasteiger partial charge on any atom is 0.408 e. The standard InChI is InChI=1S/C11H17NO3/c1-6-7-9(8(2)13)12-10(14)15-11(3,4)5/h1,9H,7H2,2-5H3,(H,12,14). The first-order valence-corrected chi connectivity index (χ1v) is 4.69. The van der Waals surface area contributed by atoms with Gasteiger partial charge in [0.05, 0.1) is 0 Å². The molecule has 0 spiro atoms. The average molecular weight is 211 g/mol. The van der Waals surface area contributed by atoms with Crippen LogP contribution in [0.15, 0.2) is 0 Å². The lowest BCUT2D eigenvalue weighted by Crippen LogP contribution is -2.42. The van der Waals surface area contributed by atoms with Crippen LogP contribution in [0.25, 0.3) is 0 Å². The molecule has 0 aromatic carbocycles. The molecule has 4 heteroatoms. The summed E-state index contributed by atoms with van der Waals surface area (Å²) < 4.78 is 4.99. The van der Waals surface area contributed by atoms with E-state index in [0.717, 1.165) is 0 Å². The molecule has 0 saturated carbocycles. The first-order chi connectivity index (χ1) is 6.76. The van der Waals surface area contributed by atoms with Crippen LogP contribution in [0, 0.1) is 12.3 Å². The zero-order valence-electron chi connectivity index (χ0n) is 9.59. The van der Waals surface area contributed by atoms with Crippen molar-refractivity contribution in [2.24, 2.45) is 0 Å². The number of alkyl carbamates (subject to hydrolysis) is 1. The van der Waals surface area contributed by atoms with E-state index in [1.807, 2.05) is 0 Å². The van der Waals surface area contributed by atoms with Gasteiger partial charge in [-0.2, -0.15) is 0 Å². The van der Waals surface area contributed by atoms with E-state index in [2.05, 4.69) is 11.2 Å². The molecule has 0 fully saturated rings. The number of terminal acetylenes is 1. The molecular weight excluding hydrogens is 194 g/mol. The molecule has 15 heavy (non-hydrogen) atoms. The minimum Gasteiger partial charge on any atom is -0.444 e. The van der Waals surface area contributed by atoms with Gasteiger partial charge in [-0.05, 0) is 27.7 Å². The normalized spacial score (nSPS) is 12.5. The van der Waals surface area contributed by atoms with Crippen LogP contribution in [0.2, 0.25) is 0 Å². The van der Waals surface area contributed by atoms with Crippen molar-refractivity contribution in [3.05, 3.63) is 0 Å². The highest BCUT2D eigenvalue weighted by molar-refractivity contribution is 5.85. The third-order valence-electron chi connectivity index (χ3n) is 1.50. The molecule has 1 amide bonds. The molecule has 1 N–H and O–H groups in total. The van der Waals surface area contributed by atoms with E-state index < -0.39 is 17.7 Å². The summed E-state index contributed by atoms with van der Waals surface area (Å²) in [5.41, 5.74) is -0.582. The number of ketones is 1. The summed E-state index contributed by atoms with van der Waals surface area (Å²) in [6.07, 6.45) is 4.62. The van der Waals surface area contributed by atoms with Crippen molar-refractivity contribution in [2.75, 3.05) is 0 Å². The topological polar surface area (TPSA) is 55.4 Å². The Morgan fingerprint density at radius 2 is 2.00 bits per heavy atom. The van der Waals surface area contributed by atoms with Crippen molar-refractivity contribution in [1.29, 1.82) is 0 Å². The number of rotatable bonds is 3. The molecule has 84 valence electrons. The van der Waals surface area contributed by atoms with Gasteiger partial charge >= 0.3 is 6.09 Å². The Labute approximate surface area is 90.4 Å². The summed E-state index contributed by atoms with van der Waals surface area (Å²) in [4.78, 5) is 22.4. The Hall–Kier alpha value is -1.50. The molecular formula is C11H17NO3. The predicted octanol–water partition coefficient (Wildman–Crippen LogP) is 1.49. The largest absolute Gasteiger partial charge is 0.444 e. The van der Waals surface area contributed by atoms with Crippen molar-refractivity contribution in [2.45, 2.75) is 45.8 Å². The minimum absolute atomic E-state index is 0.175. The zero-order valence-corrected chi connectivity index (χ0v) is 9.59. The van der Waals surface area contributed by atoms with Crippen LogP contribution in [-0.2, 0) is 9.53 Å². The highest BCUT2D eigenvalue weighted by atomic mass is 16.6. The van der Waals surface area contributed by atoms with Crippen LogP contribution in [-0.4, -0.2) is 23.5 Å². The quantitative estimate of drug-likeness (QED) is 0.719. The zero-order chi connectivity index (χ0) is 12.1. The third kappa shape index (κ3) is 6.55. The van der Waals surface area contributed by atoms with Gasteiger partial charge in [-0.1, -0.05) is 0 Å². The average Bonchev–Trinajstić information content (AvgIpc) is 1.99. The Kier molecular flexibility index (Phi) is 4.86. The second-order valence-corrected chi connectivity index (χ2v) is 4.22. The number of nitrogens with one attached hydrogen (secondary N) is 1. The van der Waals surface area contributed by atoms with E-state index in [1.165, 1.54) is 6.92 Å². The SMILES string of the molecule is C#CCC(NC(=O)OC(C)(C)C)C(C)=O. The minimum atomic E-state index is -0.662. The molecule has 0 rings (SSSR count). The van der Waals surface area contributed by atoms with Gasteiger partial charge < -0.3 is 10.1 Å². The van der Waals surface area contributed by atoms with E-state index in [9.17, 15) is 9.59 Å². The predicted molar refractivity (Wildman–Crippen MR) is 57.3 cm³/mol. The second kappa shape index (κ2) is 5.40. The Morgan fingerprint density at radius 3 is 2.33 bits per heavy atom. The van der Waals surface area contributed by atoms with Gasteiger partial charge in [0, 0.05) is 6.42 Å². The number of hydrogen-bond acceptors (Lipinski definition) is 3. The van der Waals surface area contributed by atoms with Crippen LogP contribution < -0.4 is 5.32 Å². The fourth-order valence-corrected chi connectivity index (χ4v) is 0.864. The molecule has 0 aliphatic heterocycles. The molecule has 0 saturated heterocycles. The molecule has 0 aromatic heterocycles. The van der Waals surface area contributed by atoms with Crippen molar-refractivity contribution in [1.82, 2.24) is 5.32 Å². The number of hydrogen-bond donors (Lipinski definition) is 1. The maximum absolute atomic E-state index is 11.3. The number of amides is 1. The van der Waals surface area contributed by atoms with Gasteiger partial charge in [-0.25, -0.2) is 4.79 Å². The summed E-state index contributed by atoms with van der Waals surface area (Å²) in [5.74, 6) is 2.14. The summed E-state index contributed by atoms with van der Waals surface area (Å²) in [6, 6.07) is -0.662. The monoisotopic (exact) mass is 211 g/mol. The Balaban J connectivity index is 4.25. The maximum atomic E-state index is 11.3. The summed E-state index contributed by atoms with van der Waals surface area (Å²) in [6.45, 7) is 6.61. The van der Waals surface area contributed by atoms with Crippen LogP contribution >= 0.6 is 0 Å². The molecule has 0 bridgehead atoms. The highest BCUT2D eigenvalue weighted by Gasteiger charge is 2.21. The molecule has 1 atom stereocenters. The first kappa shape index (κ1) is 13.5. The Morgan fingerprint density at radius 1 is 1.47 bits per heavy atom. The molecule has 0 aliphatic rings. The van der Waals surface area contributed by atoms with Crippen LogP contribution in [0.5, 0.6) is 0 Å². The second-order valence-electron chi connectivity index (χ2n) is 4.22. The lowest BCUT2D eigenvalue weighted by atomic mass is 10.1. The van der Waals surface area contributed by atoms with Gasteiger partial charge in [0.25, 0.3) is 0 Å². The highest BCUT2D eigenvalue weighted by Crippen LogP contribution is 2.07. The van der Waals surface area contributed by atoms with Crippen molar-refractivity contribution < 1.29 is 14.3 Å². The summed E-state index contributed by atoms with van der Waals surface area (Å²) in [7, 11) is 0. The van der Waals surface area contributed by atoms with Crippen molar-refractivity contribution in [3.63, 3.8) is 0 Å². The van der Waals surface area contributed by atoms with Gasteiger partial charge in [-0.15, -0.1) is 12.3 Å². The molecule has 0 aliphatic carbocycles. The Bertz CT molecular complexity index is 283. The van der Waals surface area contributed by atoms with E-state index in [0.29, 0.717) is 0 Å². The lowest BCUT2D eigenvalue weighted by Gasteiger charge is -2.21. The molecule has 1 unspecified atom stereocenters. The van der Waals surface area contributed by atoms with Crippen LogP contribution in [0.3, 0.4) is 0 Å². The van der Waals surface area contributed by atoms with E-state index in [-0.39, 0.29) is 12.2 Å². The van der Waals surface area contributed by atoms with E-state index in [4.69, 9.17) is 11.2 Å². The molecule has 0 aromatic rings. The van der Waals surface area contributed by atoms with Gasteiger partial charge in [0.15, 0.2) is 5.78 Å². The molecule has 4 nitrogen and oxygen atoms in total. The van der Waals surface area contributed by atoms with Gasteiger partial charge in [-0.3, -0.25) is 4.79 Å². The van der Waals surface area contributed by atoms with Gasteiger partial charge in [0.1, 0.15) is 11.6 Å². The van der Waals surface area contributed by atoms with E-state index >= 15 is 0 Å². The van der Waals surface area contributed by atoms with Crippen molar-refractivity contribution >= 4 is 11.9 Å². The first-order valence-electron chi connectivity index (χ1n) is 4.69. The smallest absolute Gasteiger partial charge is 0.408 e. The van der Waals surface area contributed by atoms with Crippen molar-refractivity contribution in [3.8, 4) is 12.3 Å². The fourth-order valence-electron chi connectivity index (χ4n) is 0.864. The number of ether oxygens (including phenoxy) is 1. The third-order valence-corrected chi connectivity index (χ3v) is 1.50. The van der Waals surface area contributed by atoms with Crippen LogP contribution in [0.4, 0.5) is 4.79 Å². The van der Waals surface area contributed by atoms with Gasteiger partial charge in [0.2, 0.25) is 0 Å². The van der Waals surface area contributed by atoms with E-state index in [1.54, 1.807) is 20.8 Å². The molecule has 0 radical (unpaired) electrons. The number of Topliss-reactive ketones (excluding diaryl/α,β-unsaturated/α-hetero) is 1. The summed E-state index contributed by atoms with van der Waals surface area (Å²) in [5, 5.41) is 2.42. The number of carbonyl (C=O) groups excluding carboxylic acids is 2.